The summed E-state index contributed by atoms with van der Waals surface area (Å²) in [4.78, 5) is 33.7. The monoisotopic (exact) mass is 331 g/mol. The first-order valence-electron chi connectivity index (χ1n) is 7.14. The summed E-state index contributed by atoms with van der Waals surface area (Å²) in [6, 6.07) is 5.69. The lowest BCUT2D eigenvalue weighted by atomic mass is 9.76. The molecule has 1 aromatic heterocycles. The van der Waals surface area contributed by atoms with Gasteiger partial charge in [-0.2, -0.15) is 0 Å². The molecule has 0 bridgehead atoms. The van der Waals surface area contributed by atoms with Crippen LogP contribution in [-0.2, 0) is 4.79 Å². The van der Waals surface area contributed by atoms with E-state index in [1.165, 1.54) is 29.1 Å². The van der Waals surface area contributed by atoms with Gasteiger partial charge in [-0.1, -0.05) is 11.3 Å². The van der Waals surface area contributed by atoms with E-state index in [0.717, 1.165) is 6.42 Å². The number of nitrogens with one attached hydrogen (secondary N) is 1. The number of amides is 1. The van der Waals surface area contributed by atoms with Gasteiger partial charge in [-0.05, 0) is 25.3 Å². The average Bonchev–Trinajstić information content (AvgIpc) is 3.00. The number of carboxylic acids is 1. The fourth-order valence-corrected chi connectivity index (χ4v) is 2.45. The van der Waals surface area contributed by atoms with Crippen molar-refractivity contribution in [2.75, 3.05) is 0 Å². The third kappa shape index (κ3) is 2.69. The molecule has 1 aliphatic carbocycles. The van der Waals surface area contributed by atoms with Crippen LogP contribution >= 0.6 is 0 Å². The Labute approximate surface area is 135 Å². The van der Waals surface area contributed by atoms with Gasteiger partial charge in [-0.3, -0.25) is 14.9 Å². The summed E-state index contributed by atoms with van der Waals surface area (Å²) < 4.78 is 1.22. The standard InChI is InChI=1S/C14H13N5O5/c20-12(15-14(13(21)22)5-2-6-14)11-8-18(17-16-11)9-3-1-4-10(7-9)19(23)24/h1,3-4,7-8H,2,5-6H2,(H,15,20)(H,21,22). The molecule has 10 nitrogen and oxygen atoms in total. The van der Waals surface area contributed by atoms with Gasteiger partial charge in [0.15, 0.2) is 5.69 Å². The van der Waals surface area contributed by atoms with E-state index in [1.807, 2.05) is 0 Å². The van der Waals surface area contributed by atoms with Crippen LogP contribution in [0.15, 0.2) is 30.5 Å². The highest BCUT2D eigenvalue weighted by Gasteiger charge is 2.46. The molecule has 1 saturated carbocycles. The van der Waals surface area contributed by atoms with Crippen molar-refractivity contribution >= 4 is 17.6 Å². The highest BCUT2D eigenvalue weighted by molar-refractivity contribution is 5.96. The Balaban J connectivity index is 1.80. The molecule has 1 aromatic carbocycles. The maximum Gasteiger partial charge on any atom is 0.329 e. The van der Waals surface area contributed by atoms with Crippen molar-refractivity contribution in [2.24, 2.45) is 0 Å². The normalized spacial score (nSPS) is 15.3. The summed E-state index contributed by atoms with van der Waals surface area (Å²) in [5.41, 5.74) is -1.05. The highest BCUT2D eigenvalue weighted by atomic mass is 16.6. The van der Waals surface area contributed by atoms with E-state index in [2.05, 4.69) is 15.6 Å². The van der Waals surface area contributed by atoms with Crippen molar-refractivity contribution in [2.45, 2.75) is 24.8 Å². The minimum atomic E-state index is -1.24. The first kappa shape index (κ1) is 15.6. The highest BCUT2D eigenvalue weighted by Crippen LogP contribution is 2.32. The maximum absolute atomic E-state index is 12.2. The van der Waals surface area contributed by atoms with Gasteiger partial charge in [0.1, 0.15) is 5.54 Å². The molecule has 124 valence electrons. The van der Waals surface area contributed by atoms with Crippen LogP contribution in [0.5, 0.6) is 0 Å². The minimum Gasteiger partial charge on any atom is -0.480 e. The molecule has 2 N–H and O–H groups in total. The van der Waals surface area contributed by atoms with E-state index >= 15 is 0 Å². The van der Waals surface area contributed by atoms with Crippen LogP contribution in [0.3, 0.4) is 0 Å². The third-order valence-electron chi connectivity index (χ3n) is 4.00. The SMILES string of the molecule is O=C(NC1(C(=O)O)CCC1)c1cn(-c2cccc([N+](=O)[O-])c2)nn1. The Kier molecular flexibility index (Phi) is 3.72. The minimum absolute atomic E-state index is 0.0611. The zero-order valence-corrected chi connectivity index (χ0v) is 12.4. The van der Waals surface area contributed by atoms with Crippen LogP contribution in [-0.4, -0.2) is 42.4 Å². The van der Waals surface area contributed by atoms with E-state index in [0.29, 0.717) is 18.5 Å². The number of nitrogens with zero attached hydrogens (tertiary/aromatic N) is 4. The molecule has 0 saturated heterocycles. The second-order valence-corrected chi connectivity index (χ2v) is 5.52. The topological polar surface area (TPSA) is 140 Å². The largest absolute Gasteiger partial charge is 0.480 e. The molecule has 0 aliphatic heterocycles. The first-order chi connectivity index (χ1) is 11.4. The predicted molar refractivity (Wildman–Crippen MR) is 79.7 cm³/mol. The third-order valence-corrected chi connectivity index (χ3v) is 4.00. The van der Waals surface area contributed by atoms with Gasteiger partial charge in [0, 0.05) is 12.1 Å². The van der Waals surface area contributed by atoms with Gasteiger partial charge >= 0.3 is 5.97 Å². The summed E-state index contributed by atoms with van der Waals surface area (Å²) in [6.07, 6.45) is 2.76. The van der Waals surface area contributed by atoms with Crippen LogP contribution in [0.1, 0.15) is 29.8 Å². The van der Waals surface area contributed by atoms with Crippen molar-refractivity contribution in [1.29, 1.82) is 0 Å². The van der Waals surface area contributed by atoms with E-state index in [1.54, 1.807) is 6.07 Å². The number of aromatic nitrogens is 3. The molecule has 0 unspecified atom stereocenters. The van der Waals surface area contributed by atoms with Crippen molar-refractivity contribution in [1.82, 2.24) is 20.3 Å². The number of nitro benzene ring substituents is 1. The average molecular weight is 331 g/mol. The zero-order chi connectivity index (χ0) is 17.3. The van der Waals surface area contributed by atoms with E-state index in [4.69, 9.17) is 0 Å². The Morgan fingerprint density at radius 3 is 2.71 bits per heavy atom. The second kappa shape index (κ2) is 5.72. The molecule has 24 heavy (non-hydrogen) atoms. The zero-order valence-electron chi connectivity index (χ0n) is 12.4. The van der Waals surface area contributed by atoms with Gasteiger partial charge in [-0.15, -0.1) is 5.10 Å². The summed E-state index contributed by atoms with van der Waals surface area (Å²) in [5.74, 6) is -1.72. The van der Waals surface area contributed by atoms with Crippen LogP contribution < -0.4 is 5.32 Å². The summed E-state index contributed by atoms with van der Waals surface area (Å²) >= 11 is 0. The molecule has 0 radical (unpaired) electrons. The molecular formula is C14H13N5O5. The van der Waals surface area contributed by atoms with E-state index in [9.17, 15) is 24.8 Å². The van der Waals surface area contributed by atoms with Gasteiger partial charge in [-0.25, -0.2) is 9.48 Å². The number of nitro groups is 1. The van der Waals surface area contributed by atoms with Crippen molar-refractivity contribution in [3.63, 3.8) is 0 Å². The Hall–Kier alpha value is -3.30. The predicted octanol–water partition coefficient (Wildman–Crippen LogP) is 0.913. The quantitative estimate of drug-likeness (QED) is 0.613. The van der Waals surface area contributed by atoms with Crippen LogP contribution in [0, 0.1) is 10.1 Å². The Morgan fingerprint density at radius 2 is 2.12 bits per heavy atom. The smallest absolute Gasteiger partial charge is 0.329 e. The number of aliphatic carboxylic acids is 1. The van der Waals surface area contributed by atoms with Crippen molar-refractivity contribution < 1.29 is 19.6 Å². The number of carbonyl (C=O) groups is 2. The van der Waals surface area contributed by atoms with Crippen LogP contribution in [0.2, 0.25) is 0 Å². The molecule has 1 fully saturated rings. The summed E-state index contributed by atoms with van der Waals surface area (Å²) in [5, 5.41) is 30.0. The fourth-order valence-electron chi connectivity index (χ4n) is 2.45. The second-order valence-electron chi connectivity index (χ2n) is 5.52. The molecule has 0 spiro atoms. The van der Waals surface area contributed by atoms with E-state index < -0.39 is 22.3 Å². The van der Waals surface area contributed by atoms with Gasteiger partial charge in [0.25, 0.3) is 11.6 Å². The molecule has 3 rings (SSSR count). The molecule has 1 heterocycles. The molecular weight excluding hydrogens is 318 g/mol. The Morgan fingerprint density at radius 1 is 1.38 bits per heavy atom. The van der Waals surface area contributed by atoms with Gasteiger partial charge < -0.3 is 10.4 Å². The van der Waals surface area contributed by atoms with Gasteiger partial charge in [0.05, 0.1) is 16.8 Å². The summed E-state index contributed by atoms with van der Waals surface area (Å²) in [7, 11) is 0. The Bertz CT molecular complexity index is 826. The lowest BCUT2D eigenvalue weighted by Crippen LogP contribution is -2.59. The van der Waals surface area contributed by atoms with Crippen molar-refractivity contribution in [3.05, 3.63) is 46.3 Å². The number of carbonyl (C=O) groups excluding carboxylic acids is 1. The lowest BCUT2D eigenvalue weighted by molar-refractivity contribution is -0.384. The number of hydrogen-bond acceptors (Lipinski definition) is 6. The molecule has 1 amide bonds. The summed E-state index contributed by atoms with van der Waals surface area (Å²) in [6.45, 7) is 0. The fraction of sp³-hybridized carbons (Fsp3) is 0.286. The van der Waals surface area contributed by atoms with Crippen LogP contribution in [0.4, 0.5) is 5.69 Å². The molecule has 1 aliphatic rings. The number of benzene rings is 1. The number of non-ortho nitro benzene ring substituents is 1. The number of hydrogen-bond donors (Lipinski definition) is 2. The molecule has 10 heteroatoms. The van der Waals surface area contributed by atoms with Crippen LogP contribution in [0.25, 0.3) is 5.69 Å². The lowest BCUT2D eigenvalue weighted by Gasteiger charge is -2.37. The van der Waals surface area contributed by atoms with E-state index in [-0.39, 0.29) is 11.4 Å². The van der Waals surface area contributed by atoms with Crippen molar-refractivity contribution in [3.8, 4) is 5.69 Å². The molecule has 0 atom stereocenters. The first-order valence-corrected chi connectivity index (χ1v) is 7.14. The van der Waals surface area contributed by atoms with Gasteiger partial charge in [0.2, 0.25) is 0 Å². The molecule has 2 aromatic rings. The maximum atomic E-state index is 12.2. The number of carboxylic acid groups (broad SMARTS) is 1. The number of rotatable bonds is 5.